The Kier molecular flexibility index (Phi) is 9.03. The highest BCUT2D eigenvalue weighted by Gasteiger charge is 2.56. The normalized spacial score (nSPS) is 14.9. The second-order valence-electron chi connectivity index (χ2n) is 9.93. The fourth-order valence-electron chi connectivity index (χ4n) is 3.86. The fraction of sp³-hybridized carbons (Fsp3) is 0.379. The summed E-state index contributed by atoms with van der Waals surface area (Å²) in [6.45, 7) is -0.508. The van der Waals surface area contributed by atoms with E-state index < -0.39 is 35.7 Å². The molecular weight excluding hydrogens is 546 g/mol. The average molecular weight is 578 g/mol. The lowest BCUT2D eigenvalue weighted by Gasteiger charge is -2.30. The van der Waals surface area contributed by atoms with Crippen LogP contribution in [0.2, 0.25) is 0 Å². The number of carbonyl (C=O) groups excluding carboxylic acids is 1. The number of nitrogens with zero attached hydrogens (tertiary/aromatic N) is 2. The summed E-state index contributed by atoms with van der Waals surface area (Å²) in [5.74, 6) is -0.587. The van der Waals surface area contributed by atoms with Crippen molar-refractivity contribution in [3.05, 3.63) is 71.7 Å². The number of carbonyl (C=O) groups is 1. The van der Waals surface area contributed by atoms with E-state index in [9.17, 15) is 27.5 Å². The minimum Gasteiger partial charge on any atom is -0.493 e. The summed E-state index contributed by atoms with van der Waals surface area (Å²) in [6, 6.07) is 11.5. The zero-order valence-corrected chi connectivity index (χ0v) is 22.8. The zero-order valence-electron chi connectivity index (χ0n) is 22.8. The molecule has 1 unspecified atom stereocenters. The maximum atomic E-state index is 14.4. The monoisotopic (exact) mass is 577 g/mol. The minimum absolute atomic E-state index is 0.0131. The Bertz CT molecular complexity index is 1360. The van der Waals surface area contributed by atoms with Crippen LogP contribution < -0.4 is 19.5 Å². The molecule has 0 radical (unpaired) electrons. The van der Waals surface area contributed by atoms with E-state index in [0.29, 0.717) is 12.3 Å². The van der Waals surface area contributed by atoms with Gasteiger partial charge in [-0.25, -0.2) is 9.37 Å². The van der Waals surface area contributed by atoms with E-state index in [1.807, 2.05) is 19.0 Å². The highest BCUT2D eigenvalue weighted by molar-refractivity contribution is 5.95. The molecule has 0 bridgehead atoms. The molecule has 8 nitrogen and oxygen atoms in total. The molecule has 12 heteroatoms. The molecule has 1 heterocycles. The van der Waals surface area contributed by atoms with Crippen LogP contribution in [0.3, 0.4) is 0 Å². The third kappa shape index (κ3) is 7.25. The summed E-state index contributed by atoms with van der Waals surface area (Å²) < 4.78 is 73.4. The largest absolute Gasteiger partial charge is 0.493 e. The predicted molar refractivity (Wildman–Crippen MR) is 143 cm³/mol. The van der Waals surface area contributed by atoms with Crippen molar-refractivity contribution in [2.24, 2.45) is 0 Å². The molecule has 0 aliphatic heterocycles. The van der Waals surface area contributed by atoms with Gasteiger partial charge in [-0.3, -0.25) is 4.79 Å². The van der Waals surface area contributed by atoms with Crippen LogP contribution in [0.25, 0.3) is 11.3 Å². The van der Waals surface area contributed by atoms with E-state index in [4.69, 9.17) is 14.2 Å². The molecule has 4 rings (SSSR count). The molecule has 1 atom stereocenters. The van der Waals surface area contributed by atoms with Gasteiger partial charge in [0, 0.05) is 17.7 Å². The zero-order chi connectivity index (χ0) is 29.8. The number of ether oxygens (including phenoxy) is 3. The summed E-state index contributed by atoms with van der Waals surface area (Å²) in [4.78, 5) is 18.8. The van der Waals surface area contributed by atoms with Gasteiger partial charge in [0.15, 0.2) is 11.5 Å². The highest BCUT2D eigenvalue weighted by atomic mass is 19.4. The number of halogens is 4. The van der Waals surface area contributed by atoms with Crippen LogP contribution in [-0.2, 0) is 5.60 Å². The van der Waals surface area contributed by atoms with Gasteiger partial charge in [-0.2, -0.15) is 13.2 Å². The van der Waals surface area contributed by atoms with Crippen molar-refractivity contribution in [1.29, 1.82) is 0 Å². The number of hydrogen-bond donors (Lipinski definition) is 2. The Morgan fingerprint density at radius 3 is 2.34 bits per heavy atom. The first-order chi connectivity index (χ1) is 19.4. The van der Waals surface area contributed by atoms with Gasteiger partial charge >= 0.3 is 6.18 Å². The van der Waals surface area contributed by atoms with Crippen LogP contribution in [0.5, 0.6) is 17.2 Å². The third-order valence-corrected chi connectivity index (χ3v) is 6.41. The van der Waals surface area contributed by atoms with Crippen LogP contribution in [0.4, 0.5) is 17.6 Å². The molecule has 1 aromatic heterocycles. The summed E-state index contributed by atoms with van der Waals surface area (Å²) in [7, 11) is 5.04. The number of amides is 1. The molecule has 41 heavy (non-hydrogen) atoms. The number of pyridine rings is 1. The molecule has 2 N–H and O–H groups in total. The Morgan fingerprint density at radius 1 is 1.05 bits per heavy atom. The Labute approximate surface area is 234 Å². The maximum absolute atomic E-state index is 14.4. The number of nitrogens with one attached hydrogen (secondary N) is 1. The van der Waals surface area contributed by atoms with Crippen molar-refractivity contribution < 1.29 is 41.7 Å². The molecule has 1 saturated carbocycles. The summed E-state index contributed by atoms with van der Waals surface area (Å²) in [5, 5.41) is 13.1. The molecule has 1 fully saturated rings. The molecule has 0 saturated heterocycles. The minimum atomic E-state index is -5.22. The van der Waals surface area contributed by atoms with Crippen LogP contribution >= 0.6 is 0 Å². The highest BCUT2D eigenvalue weighted by Crippen LogP contribution is 2.40. The number of benzene rings is 2. The van der Waals surface area contributed by atoms with Crippen molar-refractivity contribution in [1.82, 2.24) is 15.2 Å². The quantitative estimate of drug-likeness (QED) is 0.305. The third-order valence-electron chi connectivity index (χ3n) is 6.41. The van der Waals surface area contributed by atoms with Gasteiger partial charge in [0.25, 0.3) is 5.91 Å². The molecule has 1 aliphatic carbocycles. The number of methoxy groups -OCH3 is 1. The summed E-state index contributed by atoms with van der Waals surface area (Å²) in [5.41, 5.74) is -4.05. The van der Waals surface area contributed by atoms with E-state index in [0.717, 1.165) is 31.0 Å². The van der Waals surface area contributed by atoms with E-state index in [2.05, 4.69) is 10.3 Å². The van der Waals surface area contributed by atoms with Gasteiger partial charge in [0.05, 0.1) is 25.5 Å². The van der Waals surface area contributed by atoms with Gasteiger partial charge in [0.1, 0.15) is 23.9 Å². The molecular formula is C29H31F4N3O5. The Balaban J connectivity index is 1.62. The molecule has 0 spiro atoms. The Morgan fingerprint density at radius 2 is 1.73 bits per heavy atom. The summed E-state index contributed by atoms with van der Waals surface area (Å²) >= 11 is 0. The lowest BCUT2D eigenvalue weighted by molar-refractivity contribution is -0.265. The van der Waals surface area contributed by atoms with Crippen molar-refractivity contribution in [3.8, 4) is 28.5 Å². The van der Waals surface area contributed by atoms with Crippen LogP contribution in [0, 0.1) is 5.82 Å². The predicted octanol–water partition coefficient (Wildman–Crippen LogP) is 4.56. The number of likely N-dealkylation sites (N-methyl/N-ethyl adjacent to an activating group) is 1. The smallest absolute Gasteiger partial charge is 0.424 e. The van der Waals surface area contributed by atoms with E-state index in [1.54, 1.807) is 0 Å². The van der Waals surface area contributed by atoms with Crippen molar-refractivity contribution in [2.45, 2.75) is 30.7 Å². The van der Waals surface area contributed by atoms with E-state index in [-0.39, 0.29) is 41.0 Å². The van der Waals surface area contributed by atoms with Crippen LogP contribution in [0.15, 0.2) is 54.6 Å². The van der Waals surface area contributed by atoms with E-state index in [1.165, 1.54) is 43.5 Å². The second kappa shape index (κ2) is 12.3. The second-order valence-corrected chi connectivity index (χ2v) is 9.93. The molecule has 2 aromatic carbocycles. The lowest BCUT2D eigenvalue weighted by atomic mass is 9.96. The number of aromatic nitrogens is 1. The maximum Gasteiger partial charge on any atom is 0.424 e. The van der Waals surface area contributed by atoms with Gasteiger partial charge in [-0.05, 0) is 81.5 Å². The van der Waals surface area contributed by atoms with Gasteiger partial charge in [-0.15, -0.1) is 0 Å². The first-order valence-corrected chi connectivity index (χ1v) is 12.9. The number of alkyl halides is 3. The Hall–Kier alpha value is -3.90. The first-order valence-electron chi connectivity index (χ1n) is 12.9. The standard InChI is InChI=1S/C29H31F4N3O5/c1-36(2)14-15-40-23-12-13-25(35-26(23)18-4-7-20(30)8-5-18)28(38,29(31,32)33)17-34-27(37)19-6-11-22(24(16-19)39-3)41-21-9-10-21/h4-8,11-13,16,21,38H,9-10,14-15,17H2,1-3H3,(H,34,37). The van der Waals surface area contributed by atoms with Crippen molar-refractivity contribution >= 4 is 5.91 Å². The SMILES string of the molecule is COc1cc(C(=O)NCC(O)(c2ccc(OCCN(C)C)c(-c3ccc(F)cc3)n2)C(F)(F)F)ccc1OC1CC1. The van der Waals surface area contributed by atoms with Gasteiger partial charge in [-0.1, -0.05) is 0 Å². The van der Waals surface area contributed by atoms with Gasteiger partial charge < -0.3 is 29.5 Å². The fourth-order valence-corrected chi connectivity index (χ4v) is 3.86. The number of rotatable bonds is 12. The molecule has 3 aromatic rings. The van der Waals surface area contributed by atoms with Crippen LogP contribution in [-0.4, -0.2) is 74.1 Å². The van der Waals surface area contributed by atoms with Crippen LogP contribution in [0.1, 0.15) is 28.9 Å². The average Bonchev–Trinajstić information content (AvgIpc) is 3.75. The summed E-state index contributed by atoms with van der Waals surface area (Å²) in [6.07, 6.45) is -3.34. The molecule has 1 aliphatic rings. The molecule has 1 amide bonds. The molecule has 220 valence electrons. The van der Waals surface area contributed by atoms with Crippen molar-refractivity contribution in [3.63, 3.8) is 0 Å². The van der Waals surface area contributed by atoms with Crippen molar-refractivity contribution in [2.75, 3.05) is 40.9 Å². The number of hydrogen-bond acceptors (Lipinski definition) is 7. The van der Waals surface area contributed by atoms with Gasteiger partial charge in [0.2, 0.25) is 5.60 Å². The lowest BCUT2D eigenvalue weighted by Crippen LogP contribution is -2.51. The topological polar surface area (TPSA) is 93.2 Å². The number of aliphatic hydroxyl groups is 1. The van der Waals surface area contributed by atoms with E-state index >= 15 is 0 Å². The first kappa shape index (κ1) is 30.1.